The number of anilines is 1. The lowest BCUT2D eigenvalue weighted by molar-refractivity contribution is 0.628. The highest BCUT2D eigenvalue weighted by Crippen LogP contribution is 2.22. The maximum absolute atomic E-state index is 13.1. The summed E-state index contributed by atoms with van der Waals surface area (Å²) in [7, 11) is 0. The van der Waals surface area contributed by atoms with Gasteiger partial charge in [-0.2, -0.15) is 0 Å². The summed E-state index contributed by atoms with van der Waals surface area (Å²) in [6.07, 6.45) is 0.771. The second-order valence-corrected chi connectivity index (χ2v) is 4.64. The number of hydrogen-bond donors (Lipinski definition) is 1. The van der Waals surface area contributed by atoms with E-state index in [2.05, 4.69) is 32.6 Å². The highest BCUT2D eigenvalue weighted by Gasteiger charge is 2.10. The van der Waals surface area contributed by atoms with Crippen molar-refractivity contribution in [3.05, 3.63) is 39.3 Å². The summed E-state index contributed by atoms with van der Waals surface area (Å²) in [4.78, 5) is 8.58. The molecule has 0 saturated carbocycles. The first-order valence-corrected chi connectivity index (χ1v) is 6.27. The Morgan fingerprint density at radius 1 is 1.35 bits per heavy atom. The van der Waals surface area contributed by atoms with E-state index in [4.69, 9.17) is 5.73 Å². The zero-order valence-electron chi connectivity index (χ0n) is 9.24. The fraction of sp³-hybridized carbons (Fsp3) is 0.167. The summed E-state index contributed by atoms with van der Waals surface area (Å²) in [5.41, 5.74) is 7.35. The smallest absolute Gasteiger partial charge is 0.161 e. The van der Waals surface area contributed by atoms with Crippen LogP contribution in [-0.2, 0) is 6.42 Å². The number of hydrogen-bond acceptors (Lipinski definition) is 3. The first kappa shape index (κ1) is 12.2. The van der Waals surface area contributed by atoms with Gasteiger partial charge < -0.3 is 5.73 Å². The zero-order chi connectivity index (χ0) is 12.4. The minimum atomic E-state index is -0.304. The van der Waals surface area contributed by atoms with E-state index in [0.717, 1.165) is 15.7 Å². The van der Waals surface area contributed by atoms with Gasteiger partial charge in [-0.3, -0.25) is 0 Å². The van der Waals surface area contributed by atoms with Crippen molar-refractivity contribution in [3.8, 4) is 11.4 Å². The lowest BCUT2D eigenvalue weighted by Crippen LogP contribution is -2.04. The Balaban J connectivity index is 2.56. The normalized spacial score (nSPS) is 10.5. The van der Waals surface area contributed by atoms with Gasteiger partial charge in [-0.05, 0) is 41.1 Å². The topological polar surface area (TPSA) is 51.8 Å². The molecular formula is C12H11FIN3. The molecule has 0 unspecified atom stereocenters. The van der Waals surface area contributed by atoms with Crippen LogP contribution in [-0.4, -0.2) is 9.97 Å². The third kappa shape index (κ3) is 2.54. The molecule has 17 heavy (non-hydrogen) atoms. The number of aromatic nitrogens is 2. The predicted molar refractivity (Wildman–Crippen MR) is 73.9 cm³/mol. The zero-order valence-corrected chi connectivity index (χ0v) is 11.4. The van der Waals surface area contributed by atoms with E-state index in [9.17, 15) is 4.39 Å². The molecule has 0 radical (unpaired) electrons. The van der Waals surface area contributed by atoms with Gasteiger partial charge in [0.1, 0.15) is 11.6 Å². The fourth-order valence-electron chi connectivity index (χ4n) is 1.50. The number of rotatable bonds is 2. The Labute approximate surface area is 112 Å². The van der Waals surface area contributed by atoms with Crippen LogP contribution in [0, 0.1) is 9.39 Å². The van der Waals surface area contributed by atoms with Gasteiger partial charge in [0.25, 0.3) is 0 Å². The highest BCUT2D eigenvalue weighted by atomic mass is 127. The number of nitrogens with two attached hydrogens (primary N) is 1. The Bertz CT molecular complexity index is 557. The third-order valence-corrected chi connectivity index (χ3v) is 3.54. The van der Waals surface area contributed by atoms with Crippen LogP contribution in [0.15, 0.2) is 24.3 Å². The van der Waals surface area contributed by atoms with Crippen LogP contribution in [0.1, 0.15) is 12.6 Å². The fourth-order valence-corrected chi connectivity index (χ4v) is 2.13. The lowest BCUT2D eigenvalue weighted by atomic mass is 10.2. The van der Waals surface area contributed by atoms with E-state index in [1.54, 1.807) is 12.1 Å². The van der Waals surface area contributed by atoms with Gasteiger partial charge in [0.15, 0.2) is 5.82 Å². The van der Waals surface area contributed by atoms with E-state index in [-0.39, 0.29) is 5.82 Å². The largest absolute Gasteiger partial charge is 0.383 e. The van der Waals surface area contributed by atoms with Gasteiger partial charge in [-0.25, -0.2) is 14.4 Å². The molecule has 1 aromatic carbocycles. The van der Waals surface area contributed by atoms with Gasteiger partial charge in [0.05, 0.1) is 9.26 Å². The van der Waals surface area contributed by atoms with Gasteiger partial charge >= 0.3 is 0 Å². The number of nitrogen functional groups attached to an aromatic ring is 1. The van der Waals surface area contributed by atoms with Crippen molar-refractivity contribution in [2.75, 3.05) is 5.73 Å². The maximum Gasteiger partial charge on any atom is 0.161 e. The van der Waals surface area contributed by atoms with Crippen LogP contribution < -0.4 is 5.73 Å². The van der Waals surface area contributed by atoms with Crippen molar-refractivity contribution < 1.29 is 4.39 Å². The molecule has 1 aromatic heterocycles. The van der Waals surface area contributed by atoms with Gasteiger partial charge in [0, 0.05) is 5.56 Å². The SMILES string of the molecule is CCc1nc(-c2cccc(F)c2)nc(N)c1I. The first-order valence-electron chi connectivity index (χ1n) is 5.19. The molecule has 0 spiro atoms. The first-order chi connectivity index (χ1) is 8.11. The van der Waals surface area contributed by atoms with E-state index in [0.29, 0.717) is 17.2 Å². The molecule has 0 amide bonds. The summed E-state index contributed by atoms with van der Waals surface area (Å²) >= 11 is 2.12. The molecule has 88 valence electrons. The average Bonchev–Trinajstić information content (AvgIpc) is 2.32. The third-order valence-electron chi connectivity index (χ3n) is 2.36. The number of aryl methyl sites for hydroxylation is 1. The Kier molecular flexibility index (Phi) is 3.56. The number of halogens is 2. The van der Waals surface area contributed by atoms with Crippen molar-refractivity contribution in [3.63, 3.8) is 0 Å². The predicted octanol–water partition coefficient (Wildman–Crippen LogP) is 3.03. The van der Waals surface area contributed by atoms with Crippen molar-refractivity contribution >= 4 is 28.4 Å². The molecule has 0 bridgehead atoms. The molecule has 0 aliphatic heterocycles. The van der Waals surface area contributed by atoms with Crippen molar-refractivity contribution in [1.82, 2.24) is 9.97 Å². The van der Waals surface area contributed by atoms with Crippen LogP contribution in [0.3, 0.4) is 0 Å². The molecule has 2 aromatic rings. The maximum atomic E-state index is 13.1. The highest BCUT2D eigenvalue weighted by molar-refractivity contribution is 14.1. The molecule has 3 nitrogen and oxygen atoms in total. The van der Waals surface area contributed by atoms with E-state index in [1.165, 1.54) is 12.1 Å². The quantitative estimate of drug-likeness (QED) is 0.853. The van der Waals surface area contributed by atoms with Crippen molar-refractivity contribution in [2.45, 2.75) is 13.3 Å². The molecule has 2 rings (SSSR count). The van der Waals surface area contributed by atoms with Crippen LogP contribution in [0.5, 0.6) is 0 Å². The summed E-state index contributed by atoms with van der Waals surface area (Å²) < 4.78 is 14.0. The molecule has 2 N–H and O–H groups in total. The standard InChI is InChI=1S/C12H11FIN3/c1-2-9-10(14)11(15)17-12(16-9)7-4-3-5-8(13)6-7/h3-6H,2H2,1H3,(H2,15,16,17). The Morgan fingerprint density at radius 2 is 2.12 bits per heavy atom. The molecule has 0 atom stereocenters. The Hall–Kier alpha value is -1.24. The minimum absolute atomic E-state index is 0.304. The second kappa shape index (κ2) is 4.95. The summed E-state index contributed by atoms with van der Waals surface area (Å²) in [5.74, 6) is 0.609. The van der Waals surface area contributed by atoms with E-state index < -0.39 is 0 Å². The molecule has 0 saturated heterocycles. The molecule has 0 aliphatic rings. The number of nitrogens with zero attached hydrogens (tertiary/aromatic N) is 2. The minimum Gasteiger partial charge on any atom is -0.383 e. The Morgan fingerprint density at radius 3 is 2.76 bits per heavy atom. The molecular weight excluding hydrogens is 332 g/mol. The van der Waals surface area contributed by atoms with Crippen molar-refractivity contribution in [1.29, 1.82) is 0 Å². The summed E-state index contributed by atoms with van der Waals surface area (Å²) in [5, 5.41) is 0. The monoisotopic (exact) mass is 343 g/mol. The van der Waals surface area contributed by atoms with E-state index >= 15 is 0 Å². The average molecular weight is 343 g/mol. The molecule has 0 fully saturated rings. The van der Waals surface area contributed by atoms with E-state index in [1.807, 2.05) is 6.92 Å². The summed E-state index contributed by atoms with van der Waals surface area (Å²) in [6, 6.07) is 6.19. The molecule has 0 aliphatic carbocycles. The second-order valence-electron chi connectivity index (χ2n) is 3.56. The van der Waals surface area contributed by atoms with Crippen LogP contribution in [0.4, 0.5) is 10.2 Å². The lowest BCUT2D eigenvalue weighted by Gasteiger charge is -2.07. The number of benzene rings is 1. The molecule has 5 heteroatoms. The summed E-state index contributed by atoms with van der Waals surface area (Å²) in [6.45, 7) is 2.00. The van der Waals surface area contributed by atoms with Gasteiger partial charge in [-0.15, -0.1) is 0 Å². The van der Waals surface area contributed by atoms with Crippen molar-refractivity contribution in [2.24, 2.45) is 0 Å². The van der Waals surface area contributed by atoms with Crippen LogP contribution in [0.25, 0.3) is 11.4 Å². The van der Waals surface area contributed by atoms with Gasteiger partial charge in [0.2, 0.25) is 0 Å². The molecule has 1 heterocycles. The van der Waals surface area contributed by atoms with Crippen LogP contribution >= 0.6 is 22.6 Å². The van der Waals surface area contributed by atoms with Crippen LogP contribution in [0.2, 0.25) is 0 Å². The van der Waals surface area contributed by atoms with Gasteiger partial charge in [-0.1, -0.05) is 19.1 Å².